The first kappa shape index (κ1) is 31.8. The van der Waals surface area contributed by atoms with Gasteiger partial charge in [-0.05, 0) is 77.0 Å². The molecule has 2 aromatic heterocycles. The number of nitrogens with one attached hydrogen (secondary N) is 1. The van der Waals surface area contributed by atoms with Crippen molar-refractivity contribution in [3.63, 3.8) is 0 Å². The summed E-state index contributed by atoms with van der Waals surface area (Å²) >= 11 is 0. The zero-order valence-corrected chi connectivity index (χ0v) is 25.2. The zero-order chi connectivity index (χ0) is 29.7. The number of carbonyl (C=O) groups is 2. The van der Waals surface area contributed by atoms with Crippen LogP contribution in [0.1, 0.15) is 106 Å². The average molecular weight is 566 g/mol. The molecule has 0 spiro atoms. The number of hydrogen-bond donors (Lipinski definition) is 2. The Morgan fingerprint density at radius 1 is 0.902 bits per heavy atom. The third-order valence-corrected chi connectivity index (χ3v) is 6.74. The molecular formula is C31H47N7O3. The molecule has 10 heteroatoms. The van der Waals surface area contributed by atoms with Crippen molar-refractivity contribution in [3.8, 4) is 0 Å². The molecular weight excluding hydrogens is 518 g/mol. The first-order chi connectivity index (χ1) is 19.6. The fraction of sp³-hybridized carbons (Fsp3) is 0.581. The summed E-state index contributed by atoms with van der Waals surface area (Å²) in [5.74, 6) is 0.0703. The van der Waals surface area contributed by atoms with Crippen molar-refractivity contribution < 1.29 is 14.3 Å². The van der Waals surface area contributed by atoms with E-state index in [1.165, 1.54) is 42.2 Å². The number of ether oxygens (including phenoxy) is 1. The van der Waals surface area contributed by atoms with Gasteiger partial charge in [-0.15, -0.1) is 5.10 Å². The monoisotopic (exact) mass is 565 g/mol. The minimum Gasteiger partial charge on any atom is -0.443 e. The molecule has 0 aliphatic rings. The van der Waals surface area contributed by atoms with Crippen LogP contribution < -0.4 is 11.1 Å². The predicted molar refractivity (Wildman–Crippen MR) is 161 cm³/mol. The highest BCUT2D eigenvalue weighted by Crippen LogP contribution is 2.15. The summed E-state index contributed by atoms with van der Waals surface area (Å²) < 4.78 is 8.39. The minimum absolute atomic E-state index is 0.0717. The number of aromatic nitrogens is 5. The van der Waals surface area contributed by atoms with Crippen LogP contribution in [0.5, 0.6) is 0 Å². The average Bonchev–Trinajstić information content (AvgIpc) is 3.53. The number of anilines is 1. The number of carbonyl (C=O) groups excluding carboxylic acids is 2. The van der Waals surface area contributed by atoms with Crippen LogP contribution in [0.15, 0.2) is 36.7 Å². The van der Waals surface area contributed by atoms with Gasteiger partial charge in [-0.3, -0.25) is 9.48 Å². The van der Waals surface area contributed by atoms with Gasteiger partial charge in [-0.2, -0.15) is 0 Å². The van der Waals surface area contributed by atoms with Gasteiger partial charge in [0.25, 0.3) is 5.91 Å². The van der Waals surface area contributed by atoms with Crippen molar-refractivity contribution in [2.75, 3.05) is 12.3 Å². The fourth-order valence-corrected chi connectivity index (χ4v) is 4.52. The van der Waals surface area contributed by atoms with Crippen LogP contribution in [0.4, 0.5) is 10.7 Å². The molecule has 0 saturated heterocycles. The Balaban J connectivity index is 1.30. The number of nitrogen functional groups attached to an aromatic ring is 1. The van der Waals surface area contributed by atoms with E-state index in [1.807, 2.05) is 39.1 Å². The molecule has 0 radical (unpaired) electrons. The molecule has 0 unspecified atom stereocenters. The van der Waals surface area contributed by atoms with Crippen molar-refractivity contribution in [3.05, 3.63) is 59.2 Å². The molecule has 224 valence electrons. The highest BCUT2D eigenvalue weighted by molar-refractivity contribution is 5.94. The lowest BCUT2D eigenvalue weighted by molar-refractivity contribution is 0.0540. The summed E-state index contributed by atoms with van der Waals surface area (Å²) in [6.07, 6.45) is 14.9. The van der Waals surface area contributed by atoms with Crippen LogP contribution in [-0.4, -0.2) is 48.7 Å². The van der Waals surface area contributed by atoms with E-state index < -0.39 is 11.7 Å². The molecule has 0 atom stereocenters. The number of amides is 1. The van der Waals surface area contributed by atoms with Crippen LogP contribution in [0.3, 0.4) is 0 Å². The largest absolute Gasteiger partial charge is 0.443 e. The molecule has 2 heterocycles. The van der Waals surface area contributed by atoms with Crippen molar-refractivity contribution in [1.82, 2.24) is 29.9 Å². The molecule has 3 aromatic rings. The van der Waals surface area contributed by atoms with E-state index in [9.17, 15) is 9.59 Å². The number of imidazole rings is 1. The number of benzene rings is 1. The second-order valence-electron chi connectivity index (χ2n) is 11.6. The first-order valence-electron chi connectivity index (χ1n) is 15.0. The second-order valence-corrected chi connectivity index (χ2v) is 11.6. The lowest BCUT2D eigenvalue weighted by atomic mass is 10.0. The third kappa shape index (κ3) is 11.4. The van der Waals surface area contributed by atoms with Crippen LogP contribution >= 0.6 is 0 Å². The van der Waals surface area contributed by atoms with Gasteiger partial charge in [-0.25, -0.2) is 14.3 Å². The maximum absolute atomic E-state index is 12.5. The first-order valence-corrected chi connectivity index (χ1v) is 15.0. The molecule has 41 heavy (non-hydrogen) atoms. The molecule has 0 bridgehead atoms. The van der Waals surface area contributed by atoms with E-state index in [4.69, 9.17) is 10.5 Å². The highest BCUT2D eigenvalue weighted by Gasteiger charge is 2.20. The Bertz CT molecular complexity index is 1230. The summed E-state index contributed by atoms with van der Waals surface area (Å²) in [7, 11) is 0. The summed E-state index contributed by atoms with van der Waals surface area (Å²) in [5, 5.41) is 11.4. The van der Waals surface area contributed by atoms with Gasteiger partial charge in [0.05, 0.1) is 17.9 Å². The number of nitrogens with zero attached hydrogens (tertiary/aromatic N) is 5. The minimum atomic E-state index is -0.594. The summed E-state index contributed by atoms with van der Waals surface area (Å²) in [6, 6.07) is 7.94. The molecule has 0 saturated carbocycles. The van der Waals surface area contributed by atoms with Gasteiger partial charge in [0, 0.05) is 24.5 Å². The van der Waals surface area contributed by atoms with Gasteiger partial charge in [0.1, 0.15) is 5.60 Å². The van der Waals surface area contributed by atoms with Crippen LogP contribution in [-0.2, 0) is 30.5 Å². The molecule has 1 amide bonds. The van der Waals surface area contributed by atoms with Crippen LogP contribution in [0.25, 0.3) is 0 Å². The number of aryl methyl sites for hydroxylation is 3. The number of nitrogens with two attached hydrogens (primary N) is 1. The van der Waals surface area contributed by atoms with Crippen LogP contribution in [0.2, 0.25) is 0 Å². The summed E-state index contributed by atoms with van der Waals surface area (Å²) in [6.45, 7) is 8.72. The molecule has 3 N–H and O–H groups in total. The lowest BCUT2D eigenvalue weighted by Gasteiger charge is -2.19. The van der Waals surface area contributed by atoms with Crippen molar-refractivity contribution in [2.24, 2.45) is 0 Å². The number of unbranched alkanes of at least 4 members (excludes halogenated alkanes) is 6. The third-order valence-electron chi connectivity index (χ3n) is 6.74. The van der Waals surface area contributed by atoms with Gasteiger partial charge >= 0.3 is 6.09 Å². The fourth-order valence-electron chi connectivity index (χ4n) is 4.52. The van der Waals surface area contributed by atoms with E-state index in [0.29, 0.717) is 18.7 Å². The van der Waals surface area contributed by atoms with Gasteiger partial charge < -0.3 is 15.8 Å². The Kier molecular flexibility index (Phi) is 12.4. The van der Waals surface area contributed by atoms with Gasteiger partial charge in [0.2, 0.25) is 5.95 Å². The van der Waals surface area contributed by atoms with Crippen molar-refractivity contribution in [1.29, 1.82) is 0 Å². The molecule has 1 aromatic carbocycles. The molecule has 3 rings (SSSR count). The van der Waals surface area contributed by atoms with E-state index >= 15 is 0 Å². The Labute approximate surface area is 244 Å². The smallest absolute Gasteiger partial charge is 0.421 e. The second kappa shape index (κ2) is 15.9. The van der Waals surface area contributed by atoms with E-state index in [0.717, 1.165) is 49.9 Å². The van der Waals surface area contributed by atoms with Crippen molar-refractivity contribution >= 4 is 17.9 Å². The molecule has 0 aliphatic heterocycles. The van der Waals surface area contributed by atoms with Gasteiger partial charge in [0.15, 0.2) is 0 Å². The topological polar surface area (TPSA) is 130 Å². The Hall–Kier alpha value is -3.69. The zero-order valence-electron chi connectivity index (χ0n) is 25.2. The summed E-state index contributed by atoms with van der Waals surface area (Å²) in [5.41, 5.74) is 8.97. The maximum atomic E-state index is 12.5. The quantitative estimate of drug-likeness (QED) is 0.212. The normalized spacial score (nSPS) is 11.5. The SMILES string of the molecule is CCCCCCCc1ccc(C(=O)NCCn2cc(CCCCCc3cn(C(=O)OC(C)(C)C)c(N)n3)nn2)cc1. The highest BCUT2D eigenvalue weighted by atomic mass is 16.6. The summed E-state index contributed by atoms with van der Waals surface area (Å²) in [4.78, 5) is 29.0. The predicted octanol–water partition coefficient (Wildman–Crippen LogP) is 5.74. The standard InChI is InChI=1S/C31H47N7O3/c1-5-6-7-8-10-13-24-16-18-25(19-17-24)28(39)33-20-21-37-22-27(35-36-37)15-12-9-11-14-26-23-38(29(32)34-26)30(40)41-31(2,3)4/h16-19,22-23H,5-15,20-21H2,1-4H3,(H2,32,34)(H,33,39). The maximum Gasteiger partial charge on any atom is 0.421 e. The van der Waals surface area contributed by atoms with Gasteiger partial charge in [-0.1, -0.05) is 56.4 Å². The lowest BCUT2D eigenvalue weighted by Crippen LogP contribution is -2.27. The molecule has 0 fully saturated rings. The molecule has 10 nitrogen and oxygen atoms in total. The van der Waals surface area contributed by atoms with Crippen LogP contribution in [0, 0.1) is 0 Å². The molecule has 0 aliphatic carbocycles. The van der Waals surface area contributed by atoms with E-state index in [-0.39, 0.29) is 11.9 Å². The Morgan fingerprint density at radius 2 is 1.56 bits per heavy atom. The van der Waals surface area contributed by atoms with E-state index in [2.05, 4.69) is 39.7 Å². The Morgan fingerprint density at radius 3 is 2.27 bits per heavy atom. The number of hydrogen-bond acceptors (Lipinski definition) is 7. The van der Waals surface area contributed by atoms with Crippen molar-refractivity contribution in [2.45, 2.75) is 110 Å². The van der Waals surface area contributed by atoms with E-state index in [1.54, 1.807) is 10.9 Å². The number of rotatable bonds is 16.